The zero-order valence-corrected chi connectivity index (χ0v) is 14.6. The first-order valence-corrected chi connectivity index (χ1v) is 7.79. The molecule has 2 aromatic carbocycles. The van der Waals surface area contributed by atoms with Crippen LogP contribution in [0.5, 0.6) is 11.5 Å². The molecule has 0 spiro atoms. The lowest BCUT2D eigenvalue weighted by atomic mass is 10.1. The Morgan fingerprint density at radius 3 is 2.48 bits per heavy atom. The summed E-state index contributed by atoms with van der Waals surface area (Å²) in [4.78, 5) is 24.1. The van der Waals surface area contributed by atoms with Gasteiger partial charge in [0.25, 0.3) is 0 Å². The van der Waals surface area contributed by atoms with E-state index >= 15 is 0 Å². The van der Waals surface area contributed by atoms with Gasteiger partial charge in [-0.25, -0.2) is 4.79 Å². The highest BCUT2D eigenvalue weighted by Gasteiger charge is 2.18. The number of carbonyl (C=O) groups is 2. The molecule has 2 rings (SSSR count). The Hall–Kier alpha value is -2.48. The Morgan fingerprint density at radius 2 is 1.84 bits per heavy atom. The lowest BCUT2D eigenvalue weighted by Gasteiger charge is -2.10. The van der Waals surface area contributed by atoms with Gasteiger partial charge in [0.05, 0.1) is 11.6 Å². The third-order valence-corrected chi connectivity index (χ3v) is 3.75. The standard InChI is InChI=1S/C17H13BrF2O5/c1-23-15-7-6-10(8-12(15)18)13(21)9-24-16(22)11-4-2-3-5-14(11)25-17(19)20/h2-8,17H,9H2,1H3. The molecule has 0 aromatic heterocycles. The number of hydrogen-bond donors (Lipinski definition) is 0. The van der Waals surface area contributed by atoms with Crippen LogP contribution in [0.2, 0.25) is 0 Å². The third-order valence-electron chi connectivity index (χ3n) is 3.13. The van der Waals surface area contributed by atoms with E-state index in [1.165, 1.54) is 43.5 Å². The molecule has 132 valence electrons. The van der Waals surface area contributed by atoms with Crippen molar-refractivity contribution in [2.24, 2.45) is 0 Å². The van der Waals surface area contributed by atoms with Crippen LogP contribution in [0.15, 0.2) is 46.9 Å². The highest BCUT2D eigenvalue weighted by atomic mass is 79.9. The summed E-state index contributed by atoms with van der Waals surface area (Å²) in [5.74, 6) is -1.16. The van der Waals surface area contributed by atoms with Crippen molar-refractivity contribution in [2.45, 2.75) is 6.61 Å². The molecule has 0 unspecified atom stereocenters. The largest absolute Gasteiger partial charge is 0.496 e. The second-order valence-corrected chi connectivity index (χ2v) is 5.58. The Bertz CT molecular complexity index is 779. The third kappa shape index (κ3) is 4.99. The SMILES string of the molecule is COc1ccc(C(=O)COC(=O)c2ccccc2OC(F)F)cc1Br. The maximum atomic E-state index is 12.4. The second kappa shape index (κ2) is 8.57. The lowest BCUT2D eigenvalue weighted by molar-refractivity contribution is -0.0504. The summed E-state index contributed by atoms with van der Waals surface area (Å²) in [6, 6.07) is 10.0. The first-order chi connectivity index (χ1) is 11.9. The minimum absolute atomic E-state index is 0.188. The van der Waals surface area contributed by atoms with Crippen LogP contribution in [0.25, 0.3) is 0 Å². The van der Waals surface area contributed by atoms with Crippen molar-refractivity contribution in [3.63, 3.8) is 0 Å². The molecule has 2 aromatic rings. The van der Waals surface area contributed by atoms with Crippen molar-refractivity contribution < 1.29 is 32.6 Å². The van der Waals surface area contributed by atoms with Crippen molar-refractivity contribution in [2.75, 3.05) is 13.7 Å². The number of benzene rings is 2. The summed E-state index contributed by atoms with van der Waals surface area (Å²) in [6.45, 7) is -3.62. The number of alkyl halides is 2. The molecule has 0 aliphatic carbocycles. The van der Waals surface area contributed by atoms with Crippen LogP contribution in [0.3, 0.4) is 0 Å². The minimum Gasteiger partial charge on any atom is -0.496 e. The van der Waals surface area contributed by atoms with Gasteiger partial charge < -0.3 is 14.2 Å². The van der Waals surface area contributed by atoms with Crippen molar-refractivity contribution in [3.8, 4) is 11.5 Å². The van der Waals surface area contributed by atoms with E-state index in [4.69, 9.17) is 9.47 Å². The fraction of sp³-hybridized carbons (Fsp3) is 0.176. The molecule has 0 atom stereocenters. The molecule has 8 heteroatoms. The van der Waals surface area contributed by atoms with Gasteiger partial charge >= 0.3 is 12.6 Å². The predicted molar refractivity (Wildman–Crippen MR) is 88.4 cm³/mol. The van der Waals surface area contributed by atoms with E-state index in [1.807, 2.05) is 0 Å². The van der Waals surface area contributed by atoms with Gasteiger partial charge in [0.1, 0.15) is 17.1 Å². The van der Waals surface area contributed by atoms with E-state index in [9.17, 15) is 18.4 Å². The van der Waals surface area contributed by atoms with E-state index in [-0.39, 0.29) is 11.3 Å². The van der Waals surface area contributed by atoms with Gasteiger partial charge in [0.15, 0.2) is 12.4 Å². The maximum absolute atomic E-state index is 12.4. The van der Waals surface area contributed by atoms with E-state index in [1.54, 1.807) is 6.07 Å². The van der Waals surface area contributed by atoms with Gasteiger partial charge in [-0.1, -0.05) is 12.1 Å². The molecule has 0 aliphatic rings. The molecular weight excluding hydrogens is 402 g/mol. The van der Waals surface area contributed by atoms with Crippen LogP contribution in [-0.2, 0) is 4.74 Å². The average Bonchev–Trinajstić information content (AvgIpc) is 2.59. The number of ketones is 1. The first kappa shape index (κ1) is 18.9. The molecule has 0 aliphatic heterocycles. The molecule has 0 bridgehead atoms. The van der Waals surface area contributed by atoms with Crippen molar-refractivity contribution in [1.29, 1.82) is 0 Å². The smallest absolute Gasteiger partial charge is 0.387 e. The van der Waals surface area contributed by atoms with E-state index in [0.717, 1.165) is 0 Å². The summed E-state index contributed by atoms with van der Waals surface area (Å²) < 4.78 is 39.5. The maximum Gasteiger partial charge on any atom is 0.387 e. The average molecular weight is 415 g/mol. The number of rotatable bonds is 7. The number of halogens is 3. The monoisotopic (exact) mass is 414 g/mol. The normalized spacial score (nSPS) is 10.4. The van der Waals surface area contributed by atoms with E-state index < -0.39 is 25.0 Å². The zero-order valence-electron chi connectivity index (χ0n) is 13.0. The molecule has 0 heterocycles. The summed E-state index contributed by atoms with van der Waals surface area (Å²) >= 11 is 3.25. The Kier molecular flexibility index (Phi) is 6.46. The Balaban J connectivity index is 2.05. The van der Waals surface area contributed by atoms with Gasteiger partial charge in [-0.3, -0.25) is 4.79 Å². The number of hydrogen-bond acceptors (Lipinski definition) is 5. The van der Waals surface area contributed by atoms with Crippen LogP contribution in [0.1, 0.15) is 20.7 Å². The number of Topliss-reactive ketones (excluding diaryl/α,β-unsaturated/α-hetero) is 1. The fourth-order valence-corrected chi connectivity index (χ4v) is 2.51. The van der Waals surface area contributed by atoms with Crippen molar-refractivity contribution in [1.82, 2.24) is 0 Å². The minimum atomic E-state index is -3.08. The highest BCUT2D eigenvalue weighted by Crippen LogP contribution is 2.26. The van der Waals surface area contributed by atoms with Crippen LogP contribution in [0.4, 0.5) is 8.78 Å². The molecule has 25 heavy (non-hydrogen) atoms. The van der Waals surface area contributed by atoms with Gasteiger partial charge in [-0.2, -0.15) is 8.78 Å². The lowest BCUT2D eigenvalue weighted by Crippen LogP contribution is -2.16. The number of esters is 1. The molecule has 5 nitrogen and oxygen atoms in total. The number of ether oxygens (including phenoxy) is 3. The molecule has 0 radical (unpaired) electrons. The van der Waals surface area contributed by atoms with Gasteiger partial charge in [-0.15, -0.1) is 0 Å². The number of carbonyl (C=O) groups excluding carboxylic acids is 2. The fourth-order valence-electron chi connectivity index (χ4n) is 1.97. The van der Waals surface area contributed by atoms with Crippen molar-refractivity contribution >= 4 is 27.7 Å². The summed E-state index contributed by atoms with van der Waals surface area (Å²) in [5.41, 5.74) is 0.115. The second-order valence-electron chi connectivity index (χ2n) is 4.72. The van der Waals surface area contributed by atoms with Crippen LogP contribution in [-0.4, -0.2) is 32.1 Å². The quantitative estimate of drug-likeness (QED) is 0.504. The Morgan fingerprint density at radius 1 is 1.12 bits per heavy atom. The predicted octanol–water partition coefficient (Wildman–Crippen LogP) is 4.10. The van der Waals surface area contributed by atoms with E-state index in [2.05, 4.69) is 20.7 Å². The van der Waals surface area contributed by atoms with E-state index in [0.29, 0.717) is 15.8 Å². The first-order valence-electron chi connectivity index (χ1n) is 7.00. The summed E-state index contributed by atoms with van der Waals surface area (Å²) in [7, 11) is 1.49. The van der Waals surface area contributed by atoms with Gasteiger partial charge in [0, 0.05) is 5.56 Å². The molecular formula is C17H13BrF2O5. The van der Waals surface area contributed by atoms with Crippen LogP contribution >= 0.6 is 15.9 Å². The van der Waals surface area contributed by atoms with Crippen LogP contribution in [0, 0.1) is 0 Å². The summed E-state index contributed by atoms with van der Waals surface area (Å²) in [6.07, 6.45) is 0. The number of methoxy groups -OCH3 is 1. The van der Waals surface area contributed by atoms with Gasteiger partial charge in [-0.05, 0) is 46.3 Å². The summed E-state index contributed by atoms with van der Waals surface area (Å²) in [5, 5.41) is 0. The molecule has 0 amide bonds. The highest BCUT2D eigenvalue weighted by molar-refractivity contribution is 9.10. The van der Waals surface area contributed by atoms with Crippen molar-refractivity contribution in [3.05, 3.63) is 58.1 Å². The molecule has 0 N–H and O–H groups in total. The number of para-hydroxylation sites is 1. The molecule has 0 saturated heterocycles. The zero-order chi connectivity index (χ0) is 18.4. The van der Waals surface area contributed by atoms with Gasteiger partial charge in [0.2, 0.25) is 0 Å². The Labute approximate surface area is 150 Å². The topological polar surface area (TPSA) is 61.8 Å². The van der Waals surface area contributed by atoms with Crippen LogP contribution < -0.4 is 9.47 Å². The molecule has 0 saturated carbocycles. The molecule has 0 fully saturated rings.